The van der Waals surface area contributed by atoms with Gasteiger partial charge in [0.15, 0.2) is 5.54 Å². The van der Waals surface area contributed by atoms with Gasteiger partial charge >= 0.3 is 0 Å². The summed E-state index contributed by atoms with van der Waals surface area (Å²) in [6, 6.07) is 4.88. The Kier molecular flexibility index (Phi) is 5.15. The first-order valence-corrected chi connectivity index (χ1v) is 8.24. The minimum absolute atomic E-state index is 0.111. The van der Waals surface area contributed by atoms with Crippen LogP contribution in [0.15, 0.2) is 30.6 Å². The van der Waals surface area contributed by atoms with E-state index < -0.39 is 18.1 Å². The summed E-state index contributed by atoms with van der Waals surface area (Å²) in [4.78, 5) is 23.5. The Balaban J connectivity index is 1.88. The summed E-state index contributed by atoms with van der Waals surface area (Å²) < 4.78 is 19.2. The lowest BCUT2D eigenvalue weighted by molar-refractivity contribution is -0.581. The molecule has 3 rings (SSSR count). The van der Waals surface area contributed by atoms with Crippen LogP contribution < -0.4 is 16.0 Å². The van der Waals surface area contributed by atoms with Crippen molar-refractivity contribution >= 4 is 29.2 Å². The molecule has 136 valence electrons. The summed E-state index contributed by atoms with van der Waals surface area (Å²) >= 11 is 5.86. The van der Waals surface area contributed by atoms with E-state index in [0.717, 1.165) is 0 Å². The van der Waals surface area contributed by atoms with E-state index in [1.165, 1.54) is 12.4 Å². The highest BCUT2D eigenvalue weighted by molar-refractivity contribution is 6.30. The highest BCUT2D eigenvalue weighted by atomic mass is 35.5. The van der Waals surface area contributed by atoms with Crippen LogP contribution in [0.3, 0.4) is 0 Å². The first-order valence-electron chi connectivity index (χ1n) is 7.87. The molecule has 0 saturated heterocycles. The second kappa shape index (κ2) is 7.35. The fourth-order valence-corrected chi connectivity index (χ4v) is 2.98. The van der Waals surface area contributed by atoms with E-state index in [9.17, 15) is 9.18 Å². The maximum Gasteiger partial charge on any atom is 0.275 e. The highest BCUT2D eigenvalue weighted by Crippen LogP contribution is 2.22. The molecule has 1 atom stereocenters. The molecule has 0 bridgehead atoms. The van der Waals surface area contributed by atoms with Crippen molar-refractivity contribution in [1.29, 1.82) is 0 Å². The van der Waals surface area contributed by atoms with Crippen LogP contribution in [0.25, 0.3) is 0 Å². The van der Waals surface area contributed by atoms with Crippen molar-refractivity contribution in [2.45, 2.75) is 12.5 Å². The standard InChI is InChI=1S/C17H17ClFN5O2/c1-10-4-12(18)6-22-15(10)16(25)23-14-5-11(2-3-21-14)17(8-19)9-26-7-13(20)24-17/h2-6H,7-9H2,1H3,(H2,20,24)(H,21,23,25)/p+1. The van der Waals surface area contributed by atoms with Gasteiger partial charge < -0.3 is 10.1 Å². The molecular weight excluding hydrogens is 361 g/mol. The van der Waals surface area contributed by atoms with Gasteiger partial charge in [0.25, 0.3) is 11.7 Å². The summed E-state index contributed by atoms with van der Waals surface area (Å²) in [6.07, 6.45) is 2.88. The van der Waals surface area contributed by atoms with Crippen molar-refractivity contribution in [3.8, 4) is 0 Å². The molecule has 0 radical (unpaired) electrons. The van der Waals surface area contributed by atoms with Gasteiger partial charge in [0.2, 0.25) is 0 Å². The van der Waals surface area contributed by atoms with Crippen LogP contribution >= 0.6 is 11.6 Å². The molecule has 7 nitrogen and oxygen atoms in total. The minimum Gasteiger partial charge on any atom is -0.364 e. The second-order valence-electron chi connectivity index (χ2n) is 6.06. The summed E-state index contributed by atoms with van der Waals surface area (Å²) in [5, 5.41) is 3.11. The normalized spacial score (nSPS) is 19.7. The molecule has 4 N–H and O–H groups in total. The Morgan fingerprint density at radius 1 is 1.50 bits per heavy atom. The lowest BCUT2D eigenvalue weighted by atomic mass is 9.92. The lowest BCUT2D eigenvalue weighted by Gasteiger charge is -2.28. The maximum absolute atomic E-state index is 13.8. The average Bonchev–Trinajstić information content (AvgIpc) is 2.61. The molecule has 2 aromatic rings. The number of amidine groups is 1. The number of ether oxygens (including phenoxy) is 1. The number of aryl methyl sites for hydroxylation is 1. The van der Waals surface area contributed by atoms with Crippen molar-refractivity contribution in [2.24, 2.45) is 5.73 Å². The van der Waals surface area contributed by atoms with Gasteiger partial charge in [-0.2, -0.15) is 0 Å². The van der Waals surface area contributed by atoms with Crippen molar-refractivity contribution in [3.63, 3.8) is 0 Å². The topological polar surface area (TPSA) is 104 Å². The SMILES string of the molecule is Cc1cc(Cl)cnc1C(=O)Nc1cc(C2(CF)COCC(N)=[NH+]2)ccn1. The molecule has 1 unspecified atom stereocenters. The minimum atomic E-state index is -1.11. The number of amides is 1. The molecule has 0 aromatic carbocycles. The average molecular weight is 379 g/mol. The van der Waals surface area contributed by atoms with Gasteiger partial charge in [0, 0.05) is 18.0 Å². The molecule has 1 aliphatic heterocycles. The van der Waals surface area contributed by atoms with E-state index in [1.807, 2.05) is 0 Å². The van der Waals surface area contributed by atoms with Gasteiger partial charge in [-0.3, -0.25) is 15.5 Å². The fraction of sp³-hybridized carbons (Fsp3) is 0.294. The van der Waals surface area contributed by atoms with E-state index in [4.69, 9.17) is 22.1 Å². The van der Waals surface area contributed by atoms with Crippen LogP contribution in [0.4, 0.5) is 10.2 Å². The molecular formula is C17H18ClFN5O2+. The number of carbonyl (C=O) groups is 1. The van der Waals surface area contributed by atoms with Crippen molar-refractivity contribution in [1.82, 2.24) is 9.97 Å². The van der Waals surface area contributed by atoms with Gasteiger partial charge in [-0.25, -0.2) is 14.4 Å². The third-order valence-electron chi connectivity index (χ3n) is 4.05. The van der Waals surface area contributed by atoms with E-state index in [1.54, 1.807) is 25.1 Å². The molecule has 1 amide bonds. The zero-order valence-corrected chi connectivity index (χ0v) is 14.8. The van der Waals surface area contributed by atoms with Crippen LogP contribution in [-0.2, 0) is 10.3 Å². The van der Waals surface area contributed by atoms with Crippen LogP contribution in [0, 0.1) is 6.92 Å². The molecule has 0 aliphatic carbocycles. The van der Waals surface area contributed by atoms with Crippen molar-refractivity contribution in [2.75, 3.05) is 25.2 Å². The monoisotopic (exact) mass is 378 g/mol. The van der Waals surface area contributed by atoms with Gasteiger partial charge in [0.1, 0.15) is 24.8 Å². The number of rotatable bonds is 4. The number of pyridine rings is 2. The van der Waals surface area contributed by atoms with E-state index in [0.29, 0.717) is 22.0 Å². The number of carbonyl (C=O) groups excluding carboxylic acids is 1. The largest absolute Gasteiger partial charge is 0.364 e. The maximum atomic E-state index is 13.8. The van der Waals surface area contributed by atoms with Gasteiger partial charge in [0.05, 0.1) is 11.6 Å². The quantitative estimate of drug-likeness (QED) is 0.711. The van der Waals surface area contributed by atoms with Gasteiger partial charge in [-0.05, 0) is 30.7 Å². The number of hydrogen-bond donors (Lipinski definition) is 3. The second-order valence-corrected chi connectivity index (χ2v) is 6.50. The Bertz CT molecular complexity index is 876. The third kappa shape index (κ3) is 3.66. The van der Waals surface area contributed by atoms with Crippen LogP contribution in [0.2, 0.25) is 5.02 Å². The number of hydrogen-bond acceptors (Lipinski definition) is 5. The third-order valence-corrected chi connectivity index (χ3v) is 4.25. The Hall–Kier alpha value is -2.58. The van der Waals surface area contributed by atoms with Crippen LogP contribution in [0.5, 0.6) is 0 Å². The summed E-state index contributed by atoms with van der Waals surface area (Å²) in [7, 11) is 0. The number of nitrogens with one attached hydrogen (secondary N) is 2. The summed E-state index contributed by atoms with van der Waals surface area (Å²) in [6.45, 7) is 1.33. The van der Waals surface area contributed by atoms with Crippen molar-refractivity contribution < 1.29 is 18.9 Å². The number of alkyl halides is 1. The number of aromatic nitrogens is 2. The fourth-order valence-electron chi connectivity index (χ4n) is 2.77. The lowest BCUT2D eigenvalue weighted by Crippen LogP contribution is -2.91. The number of nitrogens with two attached hydrogens (primary N) is 1. The molecule has 0 saturated carbocycles. The zero-order valence-electron chi connectivity index (χ0n) is 14.1. The first kappa shape index (κ1) is 18.2. The number of anilines is 1. The first-order chi connectivity index (χ1) is 12.4. The van der Waals surface area contributed by atoms with Crippen LogP contribution in [0.1, 0.15) is 21.6 Å². The molecule has 0 fully saturated rings. The van der Waals surface area contributed by atoms with Gasteiger partial charge in [-0.15, -0.1) is 0 Å². The Labute approximate surface area is 154 Å². The molecule has 26 heavy (non-hydrogen) atoms. The molecule has 9 heteroatoms. The predicted molar refractivity (Wildman–Crippen MR) is 94.8 cm³/mol. The van der Waals surface area contributed by atoms with E-state index in [-0.39, 0.29) is 24.7 Å². The number of halogens is 2. The number of nitrogens with zero attached hydrogens (tertiary/aromatic N) is 2. The van der Waals surface area contributed by atoms with Crippen LogP contribution in [-0.4, -0.2) is 41.6 Å². The molecule has 1 aliphatic rings. The predicted octanol–water partition coefficient (Wildman–Crippen LogP) is 0.324. The van der Waals surface area contributed by atoms with Gasteiger partial charge in [-0.1, -0.05) is 11.6 Å². The molecule has 0 spiro atoms. The highest BCUT2D eigenvalue weighted by Gasteiger charge is 2.39. The smallest absolute Gasteiger partial charge is 0.275 e. The summed E-state index contributed by atoms with van der Waals surface area (Å²) in [5.74, 6) is 0.178. The Morgan fingerprint density at radius 3 is 3.00 bits per heavy atom. The zero-order chi connectivity index (χ0) is 18.7. The molecule has 3 heterocycles. The van der Waals surface area contributed by atoms with E-state index in [2.05, 4.69) is 20.3 Å². The Morgan fingerprint density at radius 2 is 2.31 bits per heavy atom. The molecule has 2 aromatic heterocycles. The summed E-state index contributed by atoms with van der Waals surface area (Å²) in [5.41, 5.74) is 6.08. The van der Waals surface area contributed by atoms with Crippen molar-refractivity contribution in [3.05, 3.63) is 52.4 Å². The van der Waals surface area contributed by atoms with E-state index >= 15 is 0 Å².